The van der Waals surface area contributed by atoms with Gasteiger partial charge in [-0.25, -0.2) is 12.7 Å². The summed E-state index contributed by atoms with van der Waals surface area (Å²) >= 11 is 2.95. The van der Waals surface area contributed by atoms with Gasteiger partial charge < -0.3 is 0 Å². The molecule has 0 fully saturated rings. The molecule has 0 aromatic rings. The molecule has 0 N–H and O–H groups in total. The first-order valence-electron chi connectivity index (χ1n) is 4.04. The molecule has 0 amide bonds. The molecule has 0 rings (SSSR count). The lowest BCUT2D eigenvalue weighted by molar-refractivity contribution is 0.458. The van der Waals surface area contributed by atoms with E-state index in [4.69, 9.17) is 0 Å². The van der Waals surface area contributed by atoms with Gasteiger partial charge in [-0.1, -0.05) is 35.7 Å². The molecule has 0 unspecified atom stereocenters. The van der Waals surface area contributed by atoms with Crippen LogP contribution in [-0.2, 0) is 10.0 Å². The molecule has 5 heteroatoms. The quantitative estimate of drug-likeness (QED) is 0.538. The lowest BCUT2D eigenvalue weighted by atomic mass is 10.2. The maximum Gasteiger partial charge on any atom is 0.223 e. The Bertz CT molecular complexity index is 203. The molecule has 0 heterocycles. The van der Waals surface area contributed by atoms with E-state index < -0.39 is 10.0 Å². The Balaban J connectivity index is 3.80. The van der Waals surface area contributed by atoms with Crippen molar-refractivity contribution < 1.29 is 8.42 Å². The summed E-state index contributed by atoms with van der Waals surface area (Å²) in [5.41, 5.74) is 0. The van der Waals surface area contributed by atoms with Crippen molar-refractivity contribution >= 4 is 26.0 Å². The van der Waals surface area contributed by atoms with E-state index in [9.17, 15) is 8.42 Å². The third-order valence-electron chi connectivity index (χ3n) is 1.69. The molecule has 0 bridgehead atoms. The zero-order valence-corrected chi connectivity index (χ0v) is 9.99. The molecule has 12 heavy (non-hydrogen) atoms. The molecule has 0 aliphatic rings. The van der Waals surface area contributed by atoms with Crippen LogP contribution >= 0.6 is 15.9 Å². The fourth-order valence-corrected chi connectivity index (χ4v) is 2.43. The van der Waals surface area contributed by atoms with Crippen molar-refractivity contribution in [2.45, 2.75) is 26.2 Å². The second kappa shape index (κ2) is 5.94. The predicted octanol–water partition coefficient (Wildman–Crippen LogP) is 1.79. The maximum absolute atomic E-state index is 11.2. The standard InChI is InChI=1S/C7H16BrNO2S/c1-3-4-5-6-9(2)12(10,11)7-8/h3-7H2,1-2H3. The van der Waals surface area contributed by atoms with Gasteiger partial charge in [0.05, 0.1) is 0 Å². The third-order valence-corrected chi connectivity index (χ3v) is 4.83. The highest BCUT2D eigenvalue weighted by molar-refractivity contribution is 9.10. The highest BCUT2D eigenvalue weighted by atomic mass is 79.9. The van der Waals surface area contributed by atoms with Gasteiger partial charge in [0.1, 0.15) is 4.66 Å². The fourth-order valence-electron chi connectivity index (χ4n) is 0.807. The van der Waals surface area contributed by atoms with Crippen molar-refractivity contribution in [1.82, 2.24) is 4.31 Å². The number of unbranched alkanes of at least 4 members (excludes halogenated alkanes) is 2. The number of halogens is 1. The lowest BCUT2D eigenvalue weighted by Crippen LogP contribution is -2.28. The molecule has 0 aromatic carbocycles. The van der Waals surface area contributed by atoms with Crippen molar-refractivity contribution in [3.05, 3.63) is 0 Å². The minimum atomic E-state index is -3.03. The van der Waals surface area contributed by atoms with Gasteiger partial charge in [0.25, 0.3) is 0 Å². The molecule has 74 valence electrons. The molecule has 0 radical (unpaired) electrons. The molecule has 0 aromatic heterocycles. The van der Waals surface area contributed by atoms with Crippen LogP contribution < -0.4 is 0 Å². The van der Waals surface area contributed by atoms with E-state index >= 15 is 0 Å². The summed E-state index contributed by atoms with van der Waals surface area (Å²) in [6, 6.07) is 0. The Hall–Kier alpha value is 0.390. The van der Waals surface area contributed by atoms with E-state index in [0.717, 1.165) is 19.3 Å². The Morgan fingerprint density at radius 1 is 1.33 bits per heavy atom. The van der Waals surface area contributed by atoms with Crippen LogP contribution in [0.15, 0.2) is 0 Å². The number of nitrogens with zero attached hydrogens (tertiary/aromatic N) is 1. The molecule has 0 spiro atoms. The third kappa shape index (κ3) is 4.42. The summed E-state index contributed by atoms with van der Waals surface area (Å²) in [6.45, 7) is 2.72. The highest BCUT2D eigenvalue weighted by Crippen LogP contribution is 2.04. The Kier molecular flexibility index (Phi) is 6.13. The SMILES string of the molecule is CCCCCN(C)S(=O)(=O)CBr. The first-order valence-corrected chi connectivity index (χ1v) is 6.77. The van der Waals surface area contributed by atoms with E-state index in [1.807, 2.05) is 0 Å². The average molecular weight is 258 g/mol. The van der Waals surface area contributed by atoms with E-state index in [1.54, 1.807) is 7.05 Å². The minimum absolute atomic E-state index is 0.0165. The van der Waals surface area contributed by atoms with Crippen LogP contribution in [0.3, 0.4) is 0 Å². The van der Waals surface area contributed by atoms with Gasteiger partial charge in [-0.15, -0.1) is 0 Å². The normalized spacial score (nSPS) is 12.3. The number of rotatable bonds is 6. The summed E-state index contributed by atoms with van der Waals surface area (Å²) in [7, 11) is -1.41. The molecular weight excluding hydrogens is 242 g/mol. The van der Waals surface area contributed by atoms with Gasteiger partial charge in [-0.05, 0) is 6.42 Å². The predicted molar refractivity (Wildman–Crippen MR) is 54.9 cm³/mol. The largest absolute Gasteiger partial charge is 0.223 e. The van der Waals surface area contributed by atoms with Crippen molar-refractivity contribution in [2.24, 2.45) is 0 Å². The van der Waals surface area contributed by atoms with Crippen molar-refractivity contribution in [2.75, 3.05) is 18.3 Å². The van der Waals surface area contributed by atoms with Crippen LogP contribution in [-0.4, -0.2) is 31.0 Å². The van der Waals surface area contributed by atoms with Crippen LogP contribution in [0.1, 0.15) is 26.2 Å². The summed E-state index contributed by atoms with van der Waals surface area (Å²) in [5, 5.41) is 0. The van der Waals surface area contributed by atoms with Crippen LogP contribution in [0.5, 0.6) is 0 Å². The molecule has 0 atom stereocenters. The van der Waals surface area contributed by atoms with E-state index in [1.165, 1.54) is 4.31 Å². The summed E-state index contributed by atoms with van der Waals surface area (Å²) in [5.74, 6) is 0. The van der Waals surface area contributed by atoms with E-state index in [2.05, 4.69) is 22.9 Å². The molecule has 0 saturated heterocycles. The van der Waals surface area contributed by atoms with Crippen molar-refractivity contribution in [3.63, 3.8) is 0 Å². The Labute approximate surface area is 83.3 Å². The van der Waals surface area contributed by atoms with Gasteiger partial charge in [-0.3, -0.25) is 0 Å². The minimum Gasteiger partial charge on any atom is -0.211 e. The smallest absolute Gasteiger partial charge is 0.211 e. The first-order chi connectivity index (χ1) is 5.54. The van der Waals surface area contributed by atoms with Crippen LogP contribution in [0.2, 0.25) is 0 Å². The van der Waals surface area contributed by atoms with Gasteiger partial charge >= 0.3 is 0 Å². The van der Waals surface area contributed by atoms with Gasteiger partial charge in [0.15, 0.2) is 0 Å². The summed E-state index contributed by atoms with van der Waals surface area (Å²) in [6.07, 6.45) is 3.14. The fraction of sp³-hybridized carbons (Fsp3) is 1.00. The molecule has 3 nitrogen and oxygen atoms in total. The second-order valence-electron chi connectivity index (χ2n) is 2.75. The Morgan fingerprint density at radius 3 is 2.33 bits per heavy atom. The maximum atomic E-state index is 11.2. The molecule has 0 aliphatic carbocycles. The van der Waals surface area contributed by atoms with Crippen molar-refractivity contribution in [1.29, 1.82) is 0 Å². The Morgan fingerprint density at radius 2 is 1.92 bits per heavy atom. The van der Waals surface area contributed by atoms with E-state index in [0.29, 0.717) is 6.54 Å². The summed E-state index contributed by atoms with van der Waals surface area (Å²) < 4.78 is 23.8. The first kappa shape index (κ1) is 12.4. The van der Waals surface area contributed by atoms with E-state index in [-0.39, 0.29) is 4.66 Å². The number of hydrogen-bond donors (Lipinski definition) is 0. The zero-order valence-electron chi connectivity index (χ0n) is 7.59. The lowest BCUT2D eigenvalue weighted by Gasteiger charge is -2.14. The van der Waals surface area contributed by atoms with Gasteiger partial charge in [0.2, 0.25) is 10.0 Å². The van der Waals surface area contributed by atoms with Gasteiger partial charge in [-0.2, -0.15) is 0 Å². The second-order valence-corrected chi connectivity index (χ2v) is 6.13. The topological polar surface area (TPSA) is 37.4 Å². The average Bonchev–Trinajstić information content (AvgIpc) is 2.05. The van der Waals surface area contributed by atoms with Crippen molar-refractivity contribution in [3.8, 4) is 0 Å². The molecule has 0 aliphatic heterocycles. The zero-order chi connectivity index (χ0) is 9.61. The number of hydrogen-bond acceptors (Lipinski definition) is 2. The molecular formula is C7H16BrNO2S. The van der Waals surface area contributed by atoms with Gasteiger partial charge in [0, 0.05) is 13.6 Å². The van der Waals surface area contributed by atoms with Crippen LogP contribution in [0.4, 0.5) is 0 Å². The molecule has 0 saturated carbocycles. The van der Waals surface area contributed by atoms with Crippen LogP contribution in [0.25, 0.3) is 0 Å². The highest BCUT2D eigenvalue weighted by Gasteiger charge is 2.14. The number of alkyl halides is 1. The monoisotopic (exact) mass is 257 g/mol. The van der Waals surface area contributed by atoms with Crippen LogP contribution in [0, 0.1) is 0 Å². The number of sulfonamides is 1. The summed E-state index contributed by atoms with van der Waals surface area (Å²) in [4.78, 5) is 0.